The first kappa shape index (κ1) is 17.6. The zero-order chi connectivity index (χ0) is 18.8. The fraction of sp³-hybridized carbons (Fsp3) is 0.0526. The molecule has 3 heterocycles. The Bertz CT molecular complexity index is 1190. The topological polar surface area (TPSA) is 87.7 Å². The molecule has 134 valence electrons. The summed E-state index contributed by atoms with van der Waals surface area (Å²) in [5.41, 5.74) is 2.45. The standard InChI is InChI=1S/C19H13BrN4O2S/c20-12-1-2-14-13(7-12)17(25)8-15(23-14)19(26)22-9-18-24-16(10-27-18)11-3-5-21-6-4-11/h1-8,10H,9H2,(H,22,26)(H,23,25). The van der Waals surface area contributed by atoms with Crippen LogP contribution < -0.4 is 10.7 Å². The van der Waals surface area contributed by atoms with E-state index in [1.165, 1.54) is 17.4 Å². The van der Waals surface area contributed by atoms with Crippen LogP contribution in [0.4, 0.5) is 0 Å². The number of aromatic amines is 1. The number of nitrogens with zero attached hydrogens (tertiary/aromatic N) is 2. The fourth-order valence-corrected chi connectivity index (χ4v) is 3.74. The van der Waals surface area contributed by atoms with Crippen LogP contribution in [0.15, 0.2) is 63.4 Å². The Balaban J connectivity index is 1.50. The van der Waals surface area contributed by atoms with E-state index in [0.717, 1.165) is 20.7 Å². The minimum Gasteiger partial charge on any atom is -0.350 e. The lowest BCUT2D eigenvalue weighted by molar-refractivity contribution is 0.0946. The normalized spacial score (nSPS) is 10.9. The number of halogens is 1. The van der Waals surface area contributed by atoms with Crippen LogP contribution in [0.1, 0.15) is 15.5 Å². The van der Waals surface area contributed by atoms with Crippen LogP contribution >= 0.6 is 27.3 Å². The van der Waals surface area contributed by atoms with E-state index in [-0.39, 0.29) is 23.6 Å². The lowest BCUT2D eigenvalue weighted by Crippen LogP contribution is -2.25. The second-order valence-corrected chi connectivity index (χ2v) is 7.64. The monoisotopic (exact) mass is 440 g/mol. The third-order valence-corrected chi connectivity index (χ3v) is 5.31. The lowest BCUT2D eigenvalue weighted by Gasteiger charge is -2.05. The van der Waals surface area contributed by atoms with Crippen LogP contribution in [0, 0.1) is 0 Å². The fourth-order valence-electron chi connectivity index (χ4n) is 2.64. The van der Waals surface area contributed by atoms with Gasteiger partial charge in [0.1, 0.15) is 10.7 Å². The predicted octanol–water partition coefficient (Wildman–Crippen LogP) is 3.74. The number of aromatic nitrogens is 3. The average molecular weight is 441 g/mol. The van der Waals surface area contributed by atoms with Crippen molar-refractivity contribution in [3.05, 3.63) is 79.6 Å². The number of H-pyrrole nitrogens is 1. The third kappa shape index (κ3) is 3.81. The molecule has 4 aromatic rings. The Morgan fingerprint density at radius 1 is 1.19 bits per heavy atom. The summed E-state index contributed by atoms with van der Waals surface area (Å²) >= 11 is 4.81. The van der Waals surface area contributed by atoms with Crippen molar-refractivity contribution in [3.63, 3.8) is 0 Å². The summed E-state index contributed by atoms with van der Waals surface area (Å²) in [6, 6.07) is 10.4. The predicted molar refractivity (Wildman–Crippen MR) is 109 cm³/mol. The summed E-state index contributed by atoms with van der Waals surface area (Å²) in [4.78, 5) is 36.2. The van der Waals surface area contributed by atoms with E-state index < -0.39 is 0 Å². The Kier molecular flexibility index (Phi) is 4.83. The van der Waals surface area contributed by atoms with Gasteiger partial charge >= 0.3 is 0 Å². The van der Waals surface area contributed by atoms with E-state index in [9.17, 15) is 9.59 Å². The van der Waals surface area contributed by atoms with E-state index in [1.807, 2.05) is 23.6 Å². The molecular formula is C19H13BrN4O2S. The first-order chi connectivity index (χ1) is 13.1. The average Bonchev–Trinajstić information content (AvgIpc) is 3.16. The smallest absolute Gasteiger partial charge is 0.268 e. The molecule has 4 rings (SSSR count). The molecule has 0 spiro atoms. The van der Waals surface area contributed by atoms with Gasteiger partial charge in [0, 0.05) is 44.8 Å². The maximum atomic E-state index is 12.4. The summed E-state index contributed by atoms with van der Waals surface area (Å²) in [5, 5.41) is 6.05. The molecule has 0 bridgehead atoms. The molecule has 0 aliphatic heterocycles. The highest BCUT2D eigenvalue weighted by molar-refractivity contribution is 9.10. The maximum absolute atomic E-state index is 12.4. The molecule has 0 atom stereocenters. The molecule has 0 radical (unpaired) electrons. The third-order valence-electron chi connectivity index (χ3n) is 3.96. The van der Waals surface area contributed by atoms with Gasteiger partial charge in [0.15, 0.2) is 5.43 Å². The van der Waals surface area contributed by atoms with Crippen LogP contribution in [0.25, 0.3) is 22.2 Å². The number of hydrogen-bond acceptors (Lipinski definition) is 5. The lowest BCUT2D eigenvalue weighted by atomic mass is 10.2. The van der Waals surface area contributed by atoms with E-state index in [0.29, 0.717) is 10.9 Å². The van der Waals surface area contributed by atoms with Crippen molar-refractivity contribution in [2.24, 2.45) is 0 Å². The molecule has 27 heavy (non-hydrogen) atoms. The van der Waals surface area contributed by atoms with Crippen molar-refractivity contribution in [1.29, 1.82) is 0 Å². The van der Waals surface area contributed by atoms with Gasteiger partial charge in [0.2, 0.25) is 0 Å². The summed E-state index contributed by atoms with van der Waals surface area (Å²) in [6.07, 6.45) is 3.43. The van der Waals surface area contributed by atoms with Gasteiger partial charge in [-0.15, -0.1) is 11.3 Å². The highest BCUT2D eigenvalue weighted by Crippen LogP contribution is 2.21. The zero-order valence-electron chi connectivity index (χ0n) is 13.9. The number of benzene rings is 1. The van der Waals surface area contributed by atoms with E-state index in [2.05, 4.69) is 36.2 Å². The Morgan fingerprint density at radius 2 is 2.00 bits per heavy atom. The molecule has 2 N–H and O–H groups in total. The van der Waals surface area contributed by atoms with E-state index in [1.54, 1.807) is 24.5 Å². The van der Waals surface area contributed by atoms with Gasteiger partial charge in [0.05, 0.1) is 12.2 Å². The molecule has 0 aliphatic carbocycles. The molecule has 1 amide bonds. The highest BCUT2D eigenvalue weighted by Gasteiger charge is 2.11. The van der Waals surface area contributed by atoms with Crippen molar-refractivity contribution in [2.75, 3.05) is 0 Å². The Hall–Kier alpha value is -2.84. The maximum Gasteiger partial charge on any atom is 0.268 e. The van der Waals surface area contributed by atoms with Crippen molar-refractivity contribution < 1.29 is 4.79 Å². The molecule has 0 unspecified atom stereocenters. The Labute approximate surface area is 166 Å². The van der Waals surface area contributed by atoms with Crippen LogP contribution in [0.3, 0.4) is 0 Å². The van der Waals surface area contributed by atoms with Crippen molar-refractivity contribution in [1.82, 2.24) is 20.3 Å². The van der Waals surface area contributed by atoms with Crippen molar-refractivity contribution >= 4 is 44.1 Å². The molecule has 1 aromatic carbocycles. The van der Waals surface area contributed by atoms with Crippen molar-refractivity contribution in [3.8, 4) is 11.3 Å². The molecule has 0 saturated carbocycles. The molecule has 0 saturated heterocycles. The molecule has 8 heteroatoms. The quantitative estimate of drug-likeness (QED) is 0.505. The number of hydrogen-bond donors (Lipinski definition) is 2. The van der Waals surface area contributed by atoms with E-state index >= 15 is 0 Å². The summed E-state index contributed by atoms with van der Waals surface area (Å²) in [7, 11) is 0. The van der Waals surface area contributed by atoms with Crippen molar-refractivity contribution in [2.45, 2.75) is 6.54 Å². The summed E-state index contributed by atoms with van der Waals surface area (Å²) in [6.45, 7) is 0.287. The number of rotatable bonds is 4. The zero-order valence-corrected chi connectivity index (χ0v) is 16.3. The summed E-state index contributed by atoms with van der Waals surface area (Å²) < 4.78 is 0.812. The van der Waals surface area contributed by atoms with Gasteiger partial charge in [0.25, 0.3) is 5.91 Å². The minimum atomic E-state index is -0.349. The second-order valence-electron chi connectivity index (χ2n) is 5.78. The van der Waals surface area contributed by atoms with Gasteiger partial charge in [-0.05, 0) is 30.3 Å². The largest absolute Gasteiger partial charge is 0.350 e. The van der Waals surface area contributed by atoms with Crippen LogP contribution in [0.5, 0.6) is 0 Å². The number of thiazole rings is 1. The van der Waals surface area contributed by atoms with Gasteiger partial charge in [-0.25, -0.2) is 4.98 Å². The number of nitrogens with one attached hydrogen (secondary N) is 2. The van der Waals surface area contributed by atoms with E-state index in [4.69, 9.17) is 0 Å². The van der Waals surface area contributed by atoms with Crippen LogP contribution in [0.2, 0.25) is 0 Å². The first-order valence-corrected chi connectivity index (χ1v) is 9.73. The molecular weight excluding hydrogens is 428 g/mol. The number of fused-ring (bicyclic) bond motifs is 1. The first-order valence-electron chi connectivity index (χ1n) is 8.06. The van der Waals surface area contributed by atoms with Crippen LogP contribution in [-0.2, 0) is 6.54 Å². The Morgan fingerprint density at radius 3 is 2.81 bits per heavy atom. The SMILES string of the molecule is O=C(NCc1nc(-c2ccncc2)cs1)c1cc(=O)c2cc(Br)ccc2[nH]1. The highest BCUT2D eigenvalue weighted by atomic mass is 79.9. The molecule has 6 nitrogen and oxygen atoms in total. The number of carbonyl (C=O) groups excluding carboxylic acids is 1. The number of amides is 1. The van der Waals surface area contributed by atoms with Crippen LogP contribution in [-0.4, -0.2) is 20.9 Å². The summed E-state index contributed by atoms with van der Waals surface area (Å²) in [5.74, 6) is -0.349. The second kappa shape index (κ2) is 7.42. The number of pyridine rings is 2. The van der Waals surface area contributed by atoms with Gasteiger partial charge in [-0.1, -0.05) is 15.9 Å². The molecule has 3 aromatic heterocycles. The molecule has 0 fully saturated rings. The van der Waals surface area contributed by atoms with Gasteiger partial charge in [-0.2, -0.15) is 0 Å². The minimum absolute atomic E-state index is 0.204. The van der Waals surface area contributed by atoms with Gasteiger partial charge < -0.3 is 10.3 Å². The number of carbonyl (C=O) groups is 1. The van der Waals surface area contributed by atoms with Gasteiger partial charge in [-0.3, -0.25) is 14.6 Å². The molecule has 0 aliphatic rings.